The fraction of sp³-hybridized carbons (Fsp3) is 0.455. The van der Waals surface area contributed by atoms with Crippen LogP contribution in [0.5, 0.6) is 0 Å². The standard InChI is InChI=1S/C11H18N3Si/c1-15(2,3)9-8-14-11(12)10-6-4-5-7-13-10/h4,6-7H,8-9H2,1-3H3,(H2,12,14). The van der Waals surface area contributed by atoms with Crippen LogP contribution in [0.1, 0.15) is 5.69 Å². The van der Waals surface area contributed by atoms with Crippen LogP contribution in [-0.2, 0) is 0 Å². The first-order chi connectivity index (χ1) is 6.99. The highest BCUT2D eigenvalue weighted by molar-refractivity contribution is 6.76. The van der Waals surface area contributed by atoms with Crippen LogP contribution >= 0.6 is 0 Å². The van der Waals surface area contributed by atoms with Crippen LogP contribution in [0.4, 0.5) is 0 Å². The van der Waals surface area contributed by atoms with Crippen molar-refractivity contribution in [1.29, 1.82) is 0 Å². The van der Waals surface area contributed by atoms with Crippen molar-refractivity contribution in [3.05, 3.63) is 30.1 Å². The number of hydrogen-bond donors (Lipinski definition) is 1. The number of aromatic nitrogens is 1. The summed E-state index contributed by atoms with van der Waals surface area (Å²) in [6.45, 7) is 7.79. The minimum Gasteiger partial charge on any atom is -0.382 e. The van der Waals surface area contributed by atoms with Gasteiger partial charge in [0.2, 0.25) is 0 Å². The quantitative estimate of drug-likeness (QED) is 0.479. The molecule has 0 aliphatic rings. The summed E-state index contributed by atoms with van der Waals surface area (Å²) in [5.41, 5.74) is 6.55. The molecule has 0 saturated carbocycles. The highest BCUT2D eigenvalue weighted by atomic mass is 28.3. The Balaban J connectivity index is 2.54. The molecule has 0 spiro atoms. The Morgan fingerprint density at radius 3 is 2.80 bits per heavy atom. The van der Waals surface area contributed by atoms with Gasteiger partial charge in [-0.15, -0.1) is 0 Å². The Hall–Kier alpha value is -1.16. The van der Waals surface area contributed by atoms with E-state index >= 15 is 0 Å². The molecule has 15 heavy (non-hydrogen) atoms. The molecule has 4 heteroatoms. The molecule has 1 radical (unpaired) electrons. The minimum absolute atomic E-state index is 0.530. The molecule has 2 N–H and O–H groups in total. The Bertz CT molecular complexity index is 327. The second kappa shape index (κ2) is 5.07. The van der Waals surface area contributed by atoms with Gasteiger partial charge in [-0.1, -0.05) is 25.7 Å². The average Bonchev–Trinajstić information content (AvgIpc) is 2.17. The second-order valence-electron chi connectivity index (χ2n) is 4.72. The zero-order chi connectivity index (χ0) is 11.3. The van der Waals surface area contributed by atoms with Gasteiger partial charge in [-0.05, 0) is 12.1 Å². The van der Waals surface area contributed by atoms with Crippen molar-refractivity contribution < 1.29 is 0 Å². The van der Waals surface area contributed by atoms with Crippen LogP contribution in [-0.4, -0.2) is 25.4 Å². The number of nitrogens with two attached hydrogens (primary N) is 1. The van der Waals surface area contributed by atoms with Crippen LogP contribution in [0.3, 0.4) is 0 Å². The third kappa shape index (κ3) is 4.74. The van der Waals surface area contributed by atoms with Crippen molar-refractivity contribution in [2.75, 3.05) is 6.54 Å². The summed E-state index contributed by atoms with van der Waals surface area (Å²) in [5, 5.41) is 0. The van der Waals surface area contributed by atoms with E-state index in [2.05, 4.69) is 35.7 Å². The summed E-state index contributed by atoms with van der Waals surface area (Å²) in [6.07, 6.45) is 1.61. The molecular formula is C11H18N3Si. The lowest BCUT2D eigenvalue weighted by molar-refractivity contribution is 1.08. The Morgan fingerprint density at radius 1 is 1.53 bits per heavy atom. The van der Waals surface area contributed by atoms with E-state index in [1.54, 1.807) is 12.3 Å². The summed E-state index contributed by atoms with van der Waals surface area (Å²) in [4.78, 5) is 8.43. The number of pyridine rings is 1. The number of rotatable bonds is 4. The van der Waals surface area contributed by atoms with Gasteiger partial charge in [0, 0.05) is 26.9 Å². The van der Waals surface area contributed by atoms with Crippen LogP contribution in [0.25, 0.3) is 0 Å². The molecule has 1 aromatic heterocycles. The maximum atomic E-state index is 5.81. The molecule has 3 nitrogen and oxygen atoms in total. The van der Waals surface area contributed by atoms with Gasteiger partial charge in [-0.3, -0.25) is 9.98 Å². The van der Waals surface area contributed by atoms with E-state index in [1.807, 2.05) is 6.07 Å². The number of nitrogens with zero attached hydrogens (tertiary/aromatic N) is 2. The SMILES string of the molecule is C[Si](C)(C)CCN=C(N)c1cc[c]cn1. The zero-order valence-electron chi connectivity index (χ0n) is 9.62. The maximum absolute atomic E-state index is 5.81. The first-order valence-electron chi connectivity index (χ1n) is 5.11. The van der Waals surface area contributed by atoms with Crippen molar-refractivity contribution in [1.82, 2.24) is 4.98 Å². The Kier molecular flexibility index (Phi) is 4.02. The van der Waals surface area contributed by atoms with Gasteiger partial charge in [0.05, 0.1) is 0 Å². The maximum Gasteiger partial charge on any atom is 0.144 e. The van der Waals surface area contributed by atoms with Crippen LogP contribution in [0, 0.1) is 6.07 Å². The molecule has 1 heterocycles. The normalized spacial score (nSPS) is 12.9. The molecule has 0 aliphatic heterocycles. The molecular weight excluding hydrogens is 202 g/mol. The molecule has 0 aliphatic carbocycles. The lowest BCUT2D eigenvalue weighted by Crippen LogP contribution is -2.22. The highest BCUT2D eigenvalue weighted by Crippen LogP contribution is 2.07. The smallest absolute Gasteiger partial charge is 0.144 e. The average molecular weight is 220 g/mol. The molecule has 1 rings (SSSR count). The van der Waals surface area contributed by atoms with Gasteiger partial charge in [-0.25, -0.2) is 0 Å². The van der Waals surface area contributed by atoms with Gasteiger partial charge < -0.3 is 5.73 Å². The van der Waals surface area contributed by atoms with Crippen molar-refractivity contribution >= 4 is 13.9 Å². The molecule has 0 aromatic carbocycles. The fourth-order valence-electron chi connectivity index (χ4n) is 1.06. The summed E-state index contributed by atoms with van der Waals surface area (Å²) >= 11 is 0. The lowest BCUT2D eigenvalue weighted by atomic mass is 10.3. The van der Waals surface area contributed by atoms with Gasteiger partial charge in [0.15, 0.2) is 0 Å². The van der Waals surface area contributed by atoms with E-state index in [1.165, 1.54) is 0 Å². The van der Waals surface area contributed by atoms with E-state index in [0.29, 0.717) is 5.84 Å². The second-order valence-corrected chi connectivity index (χ2v) is 10.3. The van der Waals surface area contributed by atoms with Gasteiger partial charge in [0.1, 0.15) is 11.5 Å². The first kappa shape index (κ1) is 11.9. The van der Waals surface area contributed by atoms with Crippen molar-refractivity contribution in [3.63, 3.8) is 0 Å². The Morgan fingerprint density at radius 2 is 2.27 bits per heavy atom. The van der Waals surface area contributed by atoms with Gasteiger partial charge in [-0.2, -0.15) is 0 Å². The monoisotopic (exact) mass is 220 g/mol. The van der Waals surface area contributed by atoms with Crippen molar-refractivity contribution in [2.45, 2.75) is 25.7 Å². The van der Waals surface area contributed by atoms with Gasteiger partial charge in [0.25, 0.3) is 0 Å². The molecule has 0 atom stereocenters. The number of aliphatic imine (C=N–C) groups is 1. The summed E-state index contributed by atoms with van der Waals surface area (Å²) in [5.74, 6) is 0.530. The number of hydrogen-bond acceptors (Lipinski definition) is 2. The molecule has 0 unspecified atom stereocenters. The highest BCUT2D eigenvalue weighted by Gasteiger charge is 2.11. The molecule has 81 valence electrons. The largest absolute Gasteiger partial charge is 0.382 e. The molecule has 1 aromatic rings. The summed E-state index contributed by atoms with van der Waals surface area (Å²) in [6, 6.07) is 7.63. The summed E-state index contributed by atoms with van der Waals surface area (Å²) in [7, 11) is -1.01. The summed E-state index contributed by atoms with van der Waals surface area (Å²) < 4.78 is 0. The minimum atomic E-state index is -1.01. The molecule has 0 saturated heterocycles. The third-order valence-electron chi connectivity index (χ3n) is 2.02. The van der Waals surface area contributed by atoms with Gasteiger partial charge >= 0.3 is 0 Å². The van der Waals surface area contributed by atoms with E-state index in [-0.39, 0.29) is 0 Å². The lowest BCUT2D eigenvalue weighted by Gasteiger charge is -2.13. The van der Waals surface area contributed by atoms with Crippen LogP contribution in [0.15, 0.2) is 23.3 Å². The van der Waals surface area contributed by atoms with Crippen molar-refractivity contribution in [3.8, 4) is 0 Å². The van der Waals surface area contributed by atoms with Crippen molar-refractivity contribution in [2.24, 2.45) is 10.7 Å². The zero-order valence-corrected chi connectivity index (χ0v) is 10.6. The molecule has 0 amide bonds. The Labute approximate surface area is 92.5 Å². The predicted octanol–water partition coefficient (Wildman–Crippen LogP) is 1.93. The van der Waals surface area contributed by atoms with Crippen LogP contribution < -0.4 is 5.73 Å². The van der Waals surface area contributed by atoms with E-state index in [0.717, 1.165) is 18.3 Å². The van der Waals surface area contributed by atoms with Crippen LogP contribution in [0.2, 0.25) is 25.7 Å². The molecule has 0 fully saturated rings. The fourth-order valence-corrected chi connectivity index (χ4v) is 1.85. The molecule has 0 bridgehead atoms. The third-order valence-corrected chi connectivity index (χ3v) is 3.75. The number of amidine groups is 1. The predicted molar refractivity (Wildman–Crippen MR) is 66.8 cm³/mol. The van der Waals surface area contributed by atoms with E-state index in [4.69, 9.17) is 5.73 Å². The topological polar surface area (TPSA) is 51.3 Å². The van der Waals surface area contributed by atoms with E-state index in [9.17, 15) is 0 Å². The van der Waals surface area contributed by atoms with E-state index < -0.39 is 8.07 Å². The first-order valence-corrected chi connectivity index (χ1v) is 8.82.